The van der Waals surface area contributed by atoms with Crippen molar-refractivity contribution in [1.82, 2.24) is 5.01 Å². The molecule has 3 aromatic rings. The molecule has 158 valence electrons. The lowest BCUT2D eigenvalue weighted by atomic mass is 9.95. The van der Waals surface area contributed by atoms with Crippen LogP contribution in [0.5, 0.6) is 17.2 Å². The highest BCUT2D eigenvalue weighted by Crippen LogP contribution is 2.50. The third-order valence-corrected chi connectivity index (χ3v) is 6.19. The maximum Gasteiger partial charge on any atom is 0.214 e. The highest BCUT2D eigenvalue weighted by Gasteiger charge is 2.42. The molecule has 0 aromatic heterocycles. The van der Waals surface area contributed by atoms with E-state index in [4.69, 9.17) is 19.3 Å². The van der Waals surface area contributed by atoms with Crippen molar-refractivity contribution in [2.75, 3.05) is 13.7 Å². The minimum atomic E-state index is -0.349. The Morgan fingerprint density at radius 2 is 1.84 bits per heavy atom. The third-order valence-electron chi connectivity index (χ3n) is 5.66. The lowest BCUT2D eigenvalue weighted by Gasteiger charge is -2.38. The lowest BCUT2D eigenvalue weighted by Crippen LogP contribution is -2.33. The van der Waals surface area contributed by atoms with Crippen molar-refractivity contribution in [1.29, 1.82) is 0 Å². The van der Waals surface area contributed by atoms with Crippen LogP contribution in [0.4, 0.5) is 0 Å². The molecule has 5 nitrogen and oxygen atoms in total. The zero-order valence-electron chi connectivity index (χ0n) is 17.4. The molecule has 0 saturated carbocycles. The van der Waals surface area contributed by atoms with E-state index >= 15 is 0 Å². The fraction of sp³-hybridized carbons (Fsp3) is 0.240. The number of para-hydroxylation sites is 1. The van der Waals surface area contributed by atoms with Crippen molar-refractivity contribution < 1.29 is 14.2 Å². The molecule has 0 fully saturated rings. The molecular formula is C25H23BrN2O3. The molecule has 0 saturated heterocycles. The molecule has 2 aliphatic rings. The minimum Gasteiger partial charge on any atom is -0.497 e. The predicted octanol–water partition coefficient (Wildman–Crippen LogP) is 6.10. The molecule has 0 radical (unpaired) electrons. The Bertz CT molecular complexity index is 1110. The number of nitrogens with zero attached hydrogens (tertiary/aromatic N) is 2. The predicted molar refractivity (Wildman–Crippen MR) is 124 cm³/mol. The Hall–Kier alpha value is -2.99. The van der Waals surface area contributed by atoms with E-state index in [0.29, 0.717) is 6.61 Å². The monoisotopic (exact) mass is 478 g/mol. The molecule has 2 atom stereocenters. The Morgan fingerprint density at radius 1 is 1.06 bits per heavy atom. The summed E-state index contributed by atoms with van der Waals surface area (Å²) in [6, 6.07) is 22.4. The maximum atomic E-state index is 6.54. The first-order valence-electron chi connectivity index (χ1n) is 10.4. The van der Waals surface area contributed by atoms with E-state index in [9.17, 15) is 0 Å². The molecule has 6 heteroatoms. The zero-order valence-corrected chi connectivity index (χ0v) is 19.0. The molecule has 0 amide bonds. The van der Waals surface area contributed by atoms with Gasteiger partial charge in [0.25, 0.3) is 0 Å². The molecule has 0 spiro atoms. The molecule has 2 aliphatic heterocycles. The van der Waals surface area contributed by atoms with Crippen LogP contribution in [-0.2, 0) is 0 Å². The largest absolute Gasteiger partial charge is 0.497 e. The smallest absolute Gasteiger partial charge is 0.214 e. The standard InChI is InChI=1S/C25H23BrN2O3/c1-3-30-23-6-4-5-20-22-15-21(16-7-11-18(26)12-8-16)27-28(22)25(31-24(20)23)17-9-13-19(29-2)14-10-17/h4-14,22,25H,3,15H2,1-2H3/t22-,25-/m1/s1. The van der Waals surface area contributed by atoms with Crippen molar-refractivity contribution in [3.63, 3.8) is 0 Å². The zero-order chi connectivity index (χ0) is 21.4. The van der Waals surface area contributed by atoms with Gasteiger partial charge in [-0.2, -0.15) is 5.10 Å². The molecule has 5 rings (SSSR count). The number of methoxy groups -OCH3 is 1. The van der Waals surface area contributed by atoms with Crippen molar-refractivity contribution in [3.05, 3.63) is 87.9 Å². The number of hydrogen-bond donors (Lipinski definition) is 0. The summed E-state index contributed by atoms with van der Waals surface area (Å²) in [7, 11) is 1.67. The molecule has 2 heterocycles. The number of ether oxygens (including phenoxy) is 3. The minimum absolute atomic E-state index is 0.0786. The maximum absolute atomic E-state index is 6.54. The molecule has 0 N–H and O–H groups in total. The molecule has 0 aliphatic carbocycles. The summed E-state index contributed by atoms with van der Waals surface area (Å²) in [5, 5.41) is 7.10. The summed E-state index contributed by atoms with van der Waals surface area (Å²) in [4.78, 5) is 0. The Kier molecular flexibility index (Phi) is 5.32. The number of benzene rings is 3. The van der Waals surface area contributed by atoms with Crippen LogP contribution in [0, 0.1) is 0 Å². The average Bonchev–Trinajstić information content (AvgIpc) is 3.25. The van der Waals surface area contributed by atoms with E-state index in [-0.39, 0.29) is 12.3 Å². The third kappa shape index (κ3) is 3.65. The summed E-state index contributed by atoms with van der Waals surface area (Å²) >= 11 is 3.52. The molecule has 0 unspecified atom stereocenters. The fourth-order valence-electron chi connectivity index (χ4n) is 4.16. The second kappa shape index (κ2) is 8.27. The lowest BCUT2D eigenvalue weighted by molar-refractivity contribution is -0.0212. The highest BCUT2D eigenvalue weighted by atomic mass is 79.9. The van der Waals surface area contributed by atoms with Crippen LogP contribution in [0.3, 0.4) is 0 Å². The van der Waals surface area contributed by atoms with Crippen molar-refractivity contribution >= 4 is 21.6 Å². The summed E-state index contributed by atoms with van der Waals surface area (Å²) in [6.07, 6.45) is 0.457. The quantitative estimate of drug-likeness (QED) is 0.444. The van der Waals surface area contributed by atoms with Gasteiger partial charge in [0, 0.05) is 22.0 Å². The van der Waals surface area contributed by atoms with Gasteiger partial charge in [-0.1, -0.05) is 40.2 Å². The van der Waals surface area contributed by atoms with E-state index in [1.807, 2.05) is 55.5 Å². The molecular weight excluding hydrogens is 456 g/mol. The first-order chi connectivity index (χ1) is 15.2. The topological polar surface area (TPSA) is 43.3 Å². The van der Waals surface area contributed by atoms with E-state index in [1.54, 1.807) is 7.11 Å². The first kappa shape index (κ1) is 19.9. The number of hydrazone groups is 1. The van der Waals surface area contributed by atoms with E-state index in [1.165, 1.54) is 0 Å². The van der Waals surface area contributed by atoms with Crippen molar-refractivity contribution in [3.8, 4) is 17.2 Å². The van der Waals surface area contributed by atoms with Crippen LogP contribution >= 0.6 is 15.9 Å². The SMILES string of the molecule is CCOc1cccc2c1O[C@H](c1ccc(OC)cc1)N1N=C(c3ccc(Br)cc3)C[C@H]21. The summed E-state index contributed by atoms with van der Waals surface area (Å²) in [6.45, 7) is 2.57. The first-order valence-corrected chi connectivity index (χ1v) is 11.1. The molecule has 31 heavy (non-hydrogen) atoms. The molecule has 0 bridgehead atoms. The van der Waals surface area contributed by atoms with Crippen LogP contribution in [0.25, 0.3) is 0 Å². The van der Waals surface area contributed by atoms with Gasteiger partial charge in [0.2, 0.25) is 6.23 Å². The number of rotatable bonds is 5. The number of fused-ring (bicyclic) bond motifs is 3. The Morgan fingerprint density at radius 3 is 2.55 bits per heavy atom. The van der Waals surface area contributed by atoms with Crippen LogP contribution < -0.4 is 14.2 Å². The van der Waals surface area contributed by atoms with Gasteiger partial charge in [-0.25, -0.2) is 5.01 Å². The number of halogens is 1. The van der Waals surface area contributed by atoms with Crippen LogP contribution in [0.1, 0.15) is 42.3 Å². The van der Waals surface area contributed by atoms with Gasteiger partial charge in [-0.15, -0.1) is 0 Å². The van der Waals surface area contributed by atoms with Gasteiger partial charge >= 0.3 is 0 Å². The van der Waals surface area contributed by atoms with Gasteiger partial charge in [-0.3, -0.25) is 0 Å². The van der Waals surface area contributed by atoms with Crippen LogP contribution in [0.15, 0.2) is 76.3 Å². The number of hydrogen-bond acceptors (Lipinski definition) is 5. The van der Waals surface area contributed by atoms with Gasteiger partial charge in [-0.05, 0) is 55.0 Å². The van der Waals surface area contributed by atoms with Gasteiger partial charge in [0.15, 0.2) is 11.5 Å². The summed E-state index contributed by atoms with van der Waals surface area (Å²) in [5.41, 5.74) is 4.29. The van der Waals surface area contributed by atoms with Crippen molar-refractivity contribution in [2.24, 2.45) is 5.10 Å². The fourth-order valence-corrected chi connectivity index (χ4v) is 4.42. The van der Waals surface area contributed by atoms with Crippen LogP contribution in [0.2, 0.25) is 0 Å². The normalized spacial score (nSPS) is 19.2. The van der Waals surface area contributed by atoms with Gasteiger partial charge < -0.3 is 14.2 Å². The van der Waals surface area contributed by atoms with E-state index in [2.05, 4.69) is 39.1 Å². The van der Waals surface area contributed by atoms with E-state index < -0.39 is 0 Å². The highest BCUT2D eigenvalue weighted by molar-refractivity contribution is 9.10. The van der Waals surface area contributed by atoms with Gasteiger partial charge in [0.1, 0.15) is 5.75 Å². The Labute approximate surface area is 190 Å². The second-order valence-corrected chi connectivity index (χ2v) is 8.42. The summed E-state index contributed by atoms with van der Waals surface area (Å²) < 4.78 is 18.8. The Balaban J connectivity index is 1.59. The van der Waals surface area contributed by atoms with Crippen LogP contribution in [-0.4, -0.2) is 24.4 Å². The van der Waals surface area contributed by atoms with Gasteiger partial charge in [0.05, 0.1) is 25.5 Å². The average molecular weight is 479 g/mol. The summed E-state index contributed by atoms with van der Waals surface area (Å²) in [5.74, 6) is 2.39. The molecule has 3 aromatic carbocycles. The van der Waals surface area contributed by atoms with Crippen molar-refractivity contribution in [2.45, 2.75) is 25.6 Å². The van der Waals surface area contributed by atoms with E-state index in [0.717, 1.165) is 50.5 Å². The second-order valence-electron chi connectivity index (χ2n) is 7.50.